The summed E-state index contributed by atoms with van der Waals surface area (Å²) < 4.78 is 0. The summed E-state index contributed by atoms with van der Waals surface area (Å²) in [5, 5.41) is 0. The minimum absolute atomic E-state index is 0.917. The van der Waals surface area contributed by atoms with Gasteiger partial charge in [-0.25, -0.2) is 9.97 Å². The maximum Gasteiger partial charge on any atom is 0.0736 e. The van der Waals surface area contributed by atoms with Crippen LogP contribution >= 0.6 is 0 Å². The number of H-pyrrole nitrogens is 2. The van der Waals surface area contributed by atoms with E-state index in [0.29, 0.717) is 0 Å². The first-order valence-electron chi connectivity index (χ1n) is 11.0. The highest BCUT2D eigenvalue weighted by Gasteiger charge is 2.13. The van der Waals surface area contributed by atoms with Crippen LogP contribution in [0.25, 0.3) is 45.9 Å². The second-order valence-electron chi connectivity index (χ2n) is 8.53. The monoisotopic (exact) mass is 429 g/mol. The van der Waals surface area contributed by atoms with Crippen molar-refractivity contribution < 1.29 is 0 Å². The number of anilines is 1. The van der Waals surface area contributed by atoms with Gasteiger partial charge in [0.1, 0.15) is 0 Å². The van der Waals surface area contributed by atoms with Gasteiger partial charge in [0, 0.05) is 47.4 Å². The Labute approximate surface area is 191 Å². The molecule has 2 aliphatic rings. The molecule has 0 atom stereocenters. The summed E-state index contributed by atoms with van der Waals surface area (Å²) in [6.07, 6.45) is 6.21. The highest BCUT2D eigenvalue weighted by atomic mass is 15.1. The number of nitrogens with zero attached hydrogens (tertiary/aromatic N) is 3. The molecule has 160 valence electrons. The van der Waals surface area contributed by atoms with Crippen molar-refractivity contribution in [3.8, 4) is 0 Å². The van der Waals surface area contributed by atoms with Crippen molar-refractivity contribution in [1.82, 2.24) is 19.9 Å². The first-order valence-corrected chi connectivity index (χ1v) is 11.0. The van der Waals surface area contributed by atoms with Crippen LogP contribution in [-0.2, 0) is 0 Å². The summed E-state index contributed by atoms with van der Waals surface area (Å²) in [7, 11) is 4.10. The Morgan fingerprint density at radius 2 is 1.15 bits per heavy atom. The first-order chi connectivity index (χ1) is 16.1. The van der Waals surface area contributed by atoms with Crippen molar-refractivity contribution in [2.24, 2.45) is 0 Å². The van der Waals surface area contributed by atoms with Crippen LogP contribution in [0.5, 0.6) is 0 Å². The lowest BCUT2D eigenvalue weighted by Crippen LogP contribution is -2.08. The molecule has 2 aliphatic heterocycles. The van der Waals surface area contributed by atoms with E-state index in [1.165, 1.54) is 5.69 Å². The zero-order valence-electron chi connectivity index (χ0n) is 18.5. The van der Waals surface area contributed by atoms with Gasteiger partial charge in [-0.1, -0.05) is 12.1 Å². The van der Waals surface area contributed by atoms with Gasteiger partial charge in [0.2, 0.25) is 0 Å². The molecule has 4 aromatic rings. The molecular weight excluding hydrogens is 406 g/mol. The quantitative estimate of drug-likeness (QED) is 0.348. The average molecular weight is 430 g/mol. The molecule has 0 saturated carbocycles. The predicted molar refractivity (Wildman–Crippen MR) is 138 cm³/mol. The van der Waals surface area contributed by atoms with E-state index in [9.17, 15) is 0 Å². The van der Waals surface area contributed by atoms with E-state index in [1.54, 1.807) is 0 Å². The lowest BCUT2D eigenvalue weighted by atomic mass is 10.0. The smallest absolute Gasteiger partial charge is 0.0736 e. The molecule has 33 heavy (non-hydrogen) atoms. The Kier molecular flexibility index (Phi) is 4.47. The topological polar surface area (TPSA) is 60.6 Å². The third-order valence-corrected chi connectivity index (χ3v) is 5.86. The van der Waals surface area contributed by atoms with Crippen LogP contribution in [-0.4, -0.2) is 34.0 Å². The molecule has 0 spiro atoms. The van der Waals surface area contributed by atoms with Crippen molar-refractivity contribution in [2.75, 3.05) is 19.0 Å². The van der Waals surface area contributed by atoms with Gasteiger partial charge in [0.25, 0.3) is 0 Å². The summed E-state index contributed by atoms with van der Waals surface area (Å²) in [5.41, 5.74) is 11.2. The van der Waals surface area contributed by atoms with Crippen LogP contribution in [0.4, 0.5) is 5.69 Å². The van der Waals surface area contributed by atoms with E-state index >= 15 is 0 Å². The molecule has 6 rings (SSSR count). The third-order valence-electron chi connectivity index (χ3n) is 5.86. The van der Waals surface area contributed by atoms with Gasteiger partial charge in [0.05, 0.1) is 22.8 Å². The predicted octanol–water partition coefficient (Wildman–Crippen LogP) is 6.14. The van der Waals surface area contributed by atoms with Crippen LogP contribution < -0.4 is 4.90 Å². The van der Waals surface area contributed by atoms with Crippen LogP contribution in [0.1, 0.15) is 28.3 Å². The second kappa shape index (κ2) is 7.64. The molecule has 5 nitrogen and oxygen atoms in total. The molecule has 0 saturated heterocycles. The van der Waals surface area contributed by atoms with Crippen LogP contribution in [0, 0.1) is 0 Å². The molecule has 8 bridgehead atoms. The number of aromatic nitrogens is 4. The molecule has 0 amide bonds. The number of benzene rings is 1. The summed E-state index contributed by atoms with van der Waals surface area (Å²) in [4.78, 5) is 18.7. The molecule has 0 radical (unpaired) electrons. The highest BCUT2D eigenvalue weighted by Crippen LogP contribution is 2.30. The molecule has 3 aromatic heterocycles. The standard InChI is InChI=1S/C28H23N5/c1-33(2)26-11-3-18(4-12-26)27-16-25-15-23-8-7-21(30-23)13-19-5-6-20(29-19)14-22-9-10-24(31-22)17-28(27)32-25/h3-17,30-31H,1-2H3. The zero-order chi connectivity index (χ0) is 22.4. The number of nitrogens with one attached hydrogen (secondary N) is 2. The summed E-state index contributed by atoms with van der Waals surface area (Å²) in [5.74, 6) is 0. The molecule has 2 N–H and O–H groups in total. The molecule has 5 heteroatoms. The van der Waals surface area contributed by atoms with Gasteiger partial charge in [-0.3, -0.25) is 0 Å². The lowest BCUT2D eigenvalue weighted by molar-refractivity contribution is 1.13. The van der Waals surface area contributed by atoms with Crippen LogP contribution in [0.3, 0.4) is 0 Å². The van der Waals surface area contributed by atoms with Crippen molar-refractivity contribution in [3.63, 3.8) is 0 Å². The van der Waals surface area contributed by atoms with E-state index in [4.69, 9.17) is 9.97 Å². The number of aromatic amines is 2. The molecular formula is C28H23N5. The summed E-state index contributed by atoms with van der Waals surface area (Å²) >= 11 is 0. The Bertz CT molecular complexity index is 1580. The van der Waals surface area contributed by atoms with Gasteiger partial charge < -0.3 is 14.9 Å². The summed E-state index contributed by atoms with van der Waals surface area (Å²) in [6, 6.07) is 25.2. The Balaban J connectivity index is 1.58. The Morgan fingerprint density at radius 1 is 0.606 bits per heavy atom. The van der Waals surface area contributed by atoms with Crippen molar-refractivity contribution >= 4 is 51.6 Å². The minimum Gasteiger partial charge on any atom is -0.378 e. The Hall–Kier alpha value is -4.38. The number of fused-ring (bicyclic) bond motifs is 8. The van der Waals surface area contributed by atoms with E-state index in [2.05, 4.69) is 108 Å². The van der Waals surface area contributed by atoms with Gasteiger partial charge in [-0.15, -0.1) is 0 Å². The Morgan fingerprint density at radius 3 is 1.73 bits per heavy atom. The third kappa shape index (κ3) is 3.85. The van der Waals surface area contributed by atoms with E-state index in [-0.39, 0.29) is 0 Å². The SMILES string of the molecule is CN(C)c1ccc(C2=Cc3cc4ccc(cc5nc(cc6ccc(cc2n3)[nH]6)C=C5)[nH]4)cc1. The fraction of sp³-hybridized carbons (Fsp3) is 0.0714. The molecule has 5 heterocycles. The maximum absolute atomic E-state index is 4.96. The average Bonchev–Trinajstić information content (AvgIpc) is 3.59. The van der Waals surface area contributed by atoms with Crippen LogP contribution in [0.2, 0.25) is 0 Å². The fourth-order valence-electron chi connectivity index (χ4n) is 4.18. The van der Waals surface area contributed by atoms with Gasteiger partial charge in [-0.2, -0.15) is 0 Å². The maximum atomic E-state index is 4.96. The lowest BCUT2D eigenvalue weighted by Gasteiger charge is -2.12. The van der Waals surface area contributed by atoms with Gasteiger partial charge in [-0.05, 0) is 84.5 Å². The van der Waals surface area contributed by atoms with Gasteiger partial charge in [0.15, 0.2) is 0 Å². The fourth-order valence-corrected chi connectivity index (χ4v) is 4.18. The van der Waals surface area contributed by atoms with Crippen molar-refractivity contribution in [1.29, 1.82) is 0 Å². The van der Waals surface area contributed by atoms with Crippen molar-refractivity contribution in [2.45, 2.75) is 0 Å². The molecule has 1 aromatic carbocycles. The van der Waals surface area contributed by atoms with E-state index in [1.807, 2.05) is 12.2 Å². The van der Waals surface area contributed by atoms with Gasteiger partial charge >= 0.3 is 0 Å². The largest absolute Gasteiger partial charge is 0.378 e. The number of hydrogen-bond donors (Lipinski definition) is 2. The second-order valence-corrected chi connectivity index (χ2v) is 8.53. The minimum atomic E-state index is 0.917. The van der Waals surface area contributed by atoms with E-state index in [0.717, 1.165) is 56.0 Å². The van der Waals surface area contributed by atoms with Crippen molar-refractivity contribution in [3.05, 3.63) is 101 Å². The normalized spacial score (nSPS) is 12.6. The molecule has 0 fully saturated rings. The highest BCUT2D eigenvalue weighted by molar-refractivity contribution is 5.93. The summed E-state index contributed by atoms with van der Waals surface area (Å²) in [6.45, 7) is 0. The molecule has 0 aliphatic carbocycles. The van der Waals surface area contributed by atoms with E-state index < -0.39 is 0 Å². The zero-order valence-corrected chi connectivity index (χ0v) is 18.5. The number of rotatable bonds is 2. The first kappa shape index (κ1) is 19.3. The molecule has 0 unspecified atom stereocenters. The number of hydrogen-bond acceptors (Lipinski definition) is 3. The van der Waals surface area contributed by atoms with Crippen LogP contribution in [0.15, 0.2) is 72.8 Å².